The maximum Gasteiger partial charge on any atom is 0.333 e. The second-order valence-electron chi connectivity index (χ2n) is 6.54. The van der Waals surface area contributed by atoms with Crippen molar-refractivity contribution < 1.29 is 22.4 Å². The highest BCUT2D eigenvalue weighted by atomic mass is 32.2. The molecule has 3 N–H and O–H groups in total. The Balaban J connectivity index is 1.56. The van der Waals surface area contributed by atoms with Gasteiger partial charge in [-0.05, 0) is 11.6 Å². The monoisotopic (exact) mass is 417 g/mol. The van der Waals surface area contributed by atoms with Gasteiger partial charge in [0.05, 0.1) is 24.7 Å². The number of imidazole rings is 1. The summed E-state index contributed by atoms with van der Waals surface area (Å²) in [5, 5.41) is 15.0. The summed E-state index contributed by atoms with van der Waals surface area (Å²) in [7, 11) is -4.11. The molecule has 11 heteroatoms. The molecule has 0 bridgehead atoms. The van der Waals surface area contributed by atoms with Crippen LogP contribution in [-0.4, -0.2) is 51.9 Å². The summed E-state index contributed by atoms with van der Waals surface area (Å²) >= 11 is 0. The molecule has 4 rings (SSSR count). The summed E-state index contributed by atoms with van der Waals surface area (Å²) in [6.45, 7) is -0.372. The Labute approximate surface area is 166 Å². The standard InChI is InChI=1S/C18H19N5O5S/c19-29(25,26)27-9-15-14(24)8-16(28-15)23-11-22-17-13(20-10-21-18(17)23)7-6-12-4-2-1-3-5-12/h1-7,10-11,14-16,24H,8-9H2,(H2,19,25,26)/t14-,15+,16+/m0/s1. The minimum atomic E-state index is -4.11. The normalized spacial score (nSPS) is 22.6. The molecule has 1 fully saturated rings. The minimum absolute atomic E-state index is 0.225. The average Bonchev–Trinajstić information content (AvgIpc) is 3.28. The van der Waals surface area contributed by atoms with Gasteiger partial charge in [-0.1, -0.05) is 36.4 Å². The first kappa shape index (κ1) is 19.6. The number of hydrogen-bond acceptors (Lipinski definition) is 8. The number of aliphatic hydroxyl groups is 1. The molecule has 0 saturated carbocycles. The predicted molar refractivity (Wildman–Crippen MR) is 104 cm³/mol. The molecular weight excluding hydrogens is 398 g/mol. The summed E-state index contributed by atoms with van der Waals surface area (Å²) in [6, 6.07) is 9.79. The molecule has 1 aliphatic rings. The van der Waals surface area contributed by atoms with Gasteiger partial charge in [0.2, 0.25) is 0 Å². The van der Waals surface area contributed by atoms with Crippen LogP contribution in [0.4, 0.5) is 0 Å². The van der Waals surface area contributed by atoms with E-state index in [2.05, 4.69) is 19.1 Å². The third-order valence-electron chi connectivity index (χ3n) is 4.53. The number of rotatable bonds is 6. The molecule has 152 valence electrons. The van der Waals surface area contributed by atoms with Crippen molar-refractivity contribution in [1.82, 2.24) is 19.5 Å². The summed E-state index contributed by atoms with van der Waals surface area (Å²) in [4.78, 5) is 13.0. The molecule has 29 heavy (non-hydrogen) atoms. The van der Waals surface area contributed by atoms with Gasteiger partial charge >= 0.3 is 10.3 Å². The third-order valence-corrected chi connectivity index (χ3v) is 5.00. The summed E-state index contributed by atoms with van der Waals surface area (Å²) in [5.41, 5.74) is 2.80. The van der Waals surface area contributed by atoms with Crippen molar-refractivity contribution in [2.24, 2.45) is 5.14 Å². The van der Waals surface area contributed by atoms with E-state index < -0.39 is 28.7 Å². The number of hydrogen-bond donors (Lipinski definition) is 2. The van der Waals surface area contributed by atoms with Crippen LogP contribution in [0.5, 0.6) is 0 Å². The molecule has 1 saturated heterocycles. The largest absolute Gasteiger partial charge is 0.390 e. The fraction of sp³-hybridized carbons (Fsp3) is 0.278. The summed E-state index contributed by atoms with van der Waals surface area (Å²) in [5.74, 6) is 0. The van der Waals surface area contributed by atoms with Crippen molar-refractivity contribution in [2.75, 3.05) is 6.61 Å². The van der Waals surface area contributed by atoms with E-state index in [-0.39, 0.29) is 13.0 Å². The van der Waals surface area contributed by atoms with Crippen LogP contribution >= 0.6 is 0 Å². The van der Waals surface area contributed by atoms with Gasteiger partial charge in [-0.15, -0.1) is 0 Å². The van der Waals surface area contributed by atoms with Gasteiger partial charge in [-0.25, -0.2) is 20.1 Å². The average molecular weight is 417 g/mol. The van der Waals surface area contributed by atoms with E-state index in [0.29, 0.717) is 16.9 Å². The Hall–Kier alpha value is -2.70. The zero-order valence-corrected chi connectivity index (χ0v) is 16.0. The van der Waals surface area contributed by atoms with Gasteiger partial charge in [0, 0.05) is 6.42 Å². The number of fused-ring (bicyclic) bond motifs is 1. The van der Waals surface area contributed by atoms with Crippen LogP contribution in [0.3, 0.4) is 0 Å². The van der Waals surface area contributed by atoms with Gasteiger partial charge < -0.3 is 9.84 Å². The van der Waals surface area contributed by atoms with Crippen LogP contribution in [0.15, 0.2) is 43.0 Å². The quantitative estimate of drug-likeness (QED) is 0.601. The minimum Gasteiger partial charge on any atom is -0.390 e. The van der Waals surface area contributed by atoms with Gasteiger partial charge in [-0.2, -0.15) is 8.42 Å². The number of nitrogens with zero attached hydrogens (tertiary/aromatic N) is 4. The molecule has 0 amide bonds. The number of benzene rings is 1. The lowest BCUT2D eigenvalue weighted by molar-refractivity contribution is -0.0371. The molecule has 3 aromatic rings. The van der Waals surface area contributed by atoms with E-state index in [0.717, 1.165) is 5.56 Å². The Morgan fingerprint density at radius 2 is 2.03 bits per heavy atom. The fourth-order valence-corrected chi connectivity index (χ4v) is 3.46. The zero-order chi connectivity index (χ0) is 20.4. The SMILES string of the molecule is NS(=O)(=O)OC[C@H]1O[C@@H](n2cnc3c(C=Cc4ccccc4)ncnc32)C[C@@H]1O. The Bertz CT molecular complexity index is 1130. The second kappa shape index (κ2) is 7.97. The van der Waals surface area contributed by atoms with Crippen LogP contribution in [0.1, 0.15) is 23.9 Å². The molecule has 2 aromatic heterocycles. The van der Waals surface area contributed by atoms with Crippen LogP contribution < -0.4 is 5.14 Å². The first-order valence-electron chi connectivity index (χ1n) is 8.82. The Morgan fingerprint density at radius 3 is 2.79 bits per heavy atom. The van der Waals surface area contributed by atoms with Crippen molar-refractivity contribution in [3.05, 3.63) is 54.2 Å². The molecule has 1 aliphatic heterocycles. The van der Waals surface area contributed by atoms with Crippen molar-refractivity contribution in [3.63, 3.8) is 0 Å². The highest BCUT2D eigenvalue weighted by Gasteiger charge is 2.36. The zero-order valence-electron chi connectivity index (χ0n) is 15.2. The number of aliphatic hydroxyl groups excluding tert-OH is 1. The van der Waals surface area contributed by atoms with Crippen LogP contribution in [-0.2, 0) is 19.2 Å². The van der Waals surface area contributed by atoms with Gasteiger partial charge in [0.25, 0.3) is 0 Å². The van der Waals surface area contributed by atoms with E-state index >= 15 is 0 Å². The van der Waals surface area contributed by atoms with E-state index in [9.17, 15) is 13.5 Å². The Morgan fingerprint density at radius 1 is 1.24 bits per heavy atom. The van der Waals surface area contributed by atoms with Crippen molar-refractivity contribution in [3.8, 4) is 0 Å². The lowest BCUT2D eigenvalue weighted by Gasteiger charge is -2.15. The molecule has 0 aliphatic carbocycles. The molecule has 1 aromatic carbocycles. The third kappa shape index (κ3) is 4.49. The number of nitrogens with two attached hydrogens (primary N) is 1. The van der Waals surface area contributed by atoms with Crippen molar-refractivity contribution >= 4 is 33.6 Å². The molecular formula is C18H19N5O5S. The molecule has 10 nitrogen and oxygen atoms in total. The fourth-order valence-electron chi connectivity index (χ4n) is 3.14. The molecule has 3 atom stereocenters. The van der Waals surface area contributed by atoms with E-state index in [4.69, 9.17) is 9.88 Å². The lowest BCUT2D eigenvalue weighted by Crippen LogP contribution is -2.30. The van der Waals surface area contributed by atoms with Gasteiger partial charge in [-0.3, -0.25) is 8.75 Å². The van der Waals surface area contributed by atoms with E-state index in [1.54, 1.807) is 10.9 Å². The summed E-state index contributed by atoms with van der Waals surface area (Å²) < 4.78 is 33.9. The maximum absolute atomic E-state index is 11.0. The van der Waals surface area contributed by atoms with Gasteiger partial charge in [0.15, 0.2) is 5.65 Å². The van der Waals surface area contributed by atoms with Crippen LogP contribution in [0.2, 0.25) is 0 Å². The smallest absolute Gasteiger partial charge is 0.333 e. The highest BCUT2D eigenvalue weighted by molar-refractivity contribution is 7.84. The van der Waals surface area contributed by atoms with E-state index in [1.807, 2.05) is 42.5 Å². The topological polar surface area (TPSA) is 142 Å². The van der Waals surface area contributed by atoms with Crippen molar-refractivity contribution in [1.29, 1.82) is 0 Å². The van der Waals surface area contributed by atoms with E-state index in [1.165, 1.54) is 6.33 Å². The Kier molecular flexibility index (Phi) is 5.39. The summed E-state index contributed by atoms with van der Waals surface area (Å²) in [6.07, 6.45) is 4.65. The van der Waals surface area contributed by atoms with Crippen LogP contribution in [0.25, 0.3) is 23.3 Å². The molecule has 0 radical (unpaired) electrons. The molecule has 3 heterocycles. The maximum atomic E-state index is 11.0. The lowest BCUT2D eigenvalue weighted by atomic mass is 10.2. The van der Waals surface area contributed by atoms with Crippen LogP contribution in [0, 0.1) is 0 Å². The van der Waals surface area contributed by atoms with Gasteiger partial charge in [0.1, 0.15) is 24.2 Å². The molecule has 0 unspecified atom stereocenters. The van der Waals surface area contributed by atoms with Crippen molar-refractivity contribution in [2.45, 2.75) is 24.9 Å². The molecule has 0 spiro atoms. The number of ether oxygens (including phenoxy) is 1. The first-order valence-corrected chi connectivity index (χ1v) is 10.3. The predicted octanol–water partition coefficient (Wildman–Crippen LogP) is 0.865. The number of aromatic nitrogens is 4. The first-order chi connectivity index (χ1) is 13.9. The highest BCUT2D eigenvalue weighted by Crippen LogP contribution is 2.31. The second-order valence-corrected chi connectivity index (χ2v) is 7.76.